The van der Waals surface area contributed by atoms with Crippen LogP contribution in [-0.2, 0) is 4.79 Å². The number of carbonyl (C=O) groups excluding carboxylic acids is 2. The van der Waals surface area contributed by atoms with E-state index in [4.69, 9.17) is 5.73 Å². The van der Waals surface area contributed by atoms with Gasteiger partial charge in [-0.15, -0.1) is 0 Å². The highest BCUT2D eigenvalue weighted by Crippen LogP contribution is 2.28. The van der Waals surface area contributed by atoms with Crippen molar-refractivity contribution in [2.45, 2.75) is 38.5 Å². The van der Waals surface area contributed by atoms with E-state index < -0.39 is 6.03 Å². The molecule has 0 unspecified atom stereocenters. The first-order chi connectivity index (χ1) is 12.0. The number of piperidine rings is 1. The Morgan fingerprint density at radius 1 is 1.24 bits per heavy atom. The van der Waals surface area contributed by atoms with E-state index in [1.807, 2.05) is 6.92 Å². The second-order valence-electron chi connectivity index (χ2n) is 6.79. The second-order valence-corrected chi connectivity index (χ2v) is 6.79. The number of likely N-dealkylation sites (tertiary alicyclic amines) is 1. The summed E-state index contributed by atoms with van der Waals surface area (Å²) >= 11 is 0. The molecule has 3 rings (SSSR count). The molecule has 0 spiro atoms. The number of hydrogen-bond donors (Lipinski definition) is 2. The van der Waals surface area contributed by atoms with E-state index >= 15 is 0 Å². The van der Waals surface area contributed by atoms with Gasteiger partial charge in [0.05, 0.1) is 12.2 Å². The van der Waals surface area contributed by atoms with Crippen LogP contribution in [-0.4, -0.2) is 59.5 Å². The molecular weight excluding hydrogens is 320 g/mol. The number of rotatable bonds is 4. The number of hydrogen-bond acceptors (Lipinski definition) is 5. The predicted octanol–water partition coefficient (Wildman–Crippen LogP) is 0.760. The fourth-order valence-corrected chi connectivity index (χ4v) is 3.61. The summed E-state index contributed by atoms with van der Waals surface area (Å²) in [6.45, 7) is 5.29. The third-order valence-electron chi connectivity index (χ3n) is 4.88. The average molecular weight is 346 g/mol. The molecule has 2 aliphatic heterocycles. The molecule has 8 heteroatoms. The standard InChI is InChI=1S/C17H26N6O2/c1-12-20-14(9-15(21-12)22-6-2-3-7-22)13-5-4-8-23(11-13)16(24)10-19-17(18)25/h9,13H,2-8,10-11H2,1H3,(H3,18,19,25)/t13-/m0/s1. The smallest absolute Gasteiger partial charge is 0.312 e. The third kappa shape index (κ3) is 4.37. The number of nitrogens with two attached hydrogens (primary N) is 1. The van der Waals surface area contributed by atoms with E-state index in [1.165, 1.54) is 12.8 Å². The first-order valence-electron chi connectivity index (χ1n) is 8.94. The number of nitrogens with zero attached hydrogens (tertiary/aromatic N) is 4. The van der Waals surface area contributed by atoms with Gasteiger partial charge >= 0.3 is 6.03 Å². The molecule has 136 valence electrons. The zero-order valence-corrected chi connectivity index (χ0v) is 14.7. The summed E-state index contributed by atoms with van der Waals surface area (Å²) < 4.78 is 0. The number of aromatic nitrogens is 2. The van der Waals surface area contributed by atoms with Crippen LogP contribution < -0.4 is 16.0 Å². The molecule has 25 heavy (non-hydrogen) atoms. The van der Waals surface area contributed by atoms with Gasteiger partial charge in [-0.3, -0.25) is 4.79 Å². The van der Waals surface area contributed by atoms with Gasteiger partial charge in [-0.2, -0.15) is 0 Å². The summed E-state index contributed by atoms with van der Waals surface area (Å²) in [5.41, 5.74) is 6.05. The maximum atomic E-state index is 12.2. The monoisotopic (exact) mass is 346 g/mol. The molecule has 2 saturated heterocycles. The van der Waals surface area contributed by atoms with Crippen LogP contribution in [0.1, 0.15) is 43.1 Å². The zero-order chi connectivity index (χ0) is 17.8. The Morgan fingerprint density at radius 3 is 2.72 bits per heavy atom. The maximum Gasteiger partial charge on any atom is 0.312 e. The Labute approximate surface area is 147 Å². The minimum Gasteiger partial charge on any atom is -0.357 e. The number of carbonyl (C=O) groups is 2. The van der Waals surface area contributed by atoms with E-state index in [2.05, 4.69) is 26.3 Å². The minimum absolute atomic E-state index is 0.0517. The van der Waals surface area contributed by atoms with Crippen molar-refractivity contribution in [1.82, 2.24) is 20.2 Å². The van der Waals surface area contributed by atoms with Crippen molar-refractivity contribution in [3.63, 3.8) is 0 Å². The van der Waals surface area contributed by atoms with E-state index in [0.29, 0.717) is 13.1 Å². The summed E-state index contributed by atoms with van der Waals surface area (Å²) in [5, 5.41) is 2.37. The van der Waals surface area contributed by atoms with Crippen molar-refractivity contribution in [3.8, 4) is 0 Å². The molecule has 0 saturated carbocycles. The van der Waals surface area contributed by atoms with E-state index in [9.17, 15) is 9.59 Å². The predicted molar refractivity (Wildman–Crippen MR) is 94.4 cm³/mol. The highest BCUT2D eigenvalue weighted by molar-refractivity contribution is 5.83. The summed E-state index contributed by atoms with van der Waals surface area (Å²) in [6.07, 6.45) is 4.34. The Kier molecular flexibility index (Phi) is 5.35. The molecule has 1 atom stereocenters. The fraction of sp³-hybridized carbons (Fsp3) is 0.647. The summed E-state index contributed by atoms with van der Waals surface area (Å²) in [4.78, 5) is 36.3. The maximum absolute atomic E-state index is 12.2. The third-order valence-corrected chi connectivity index (χ3v) is 4.88. The quantitative estimate of drug-likeness (QED) is 0.837. The zero-order valence-electron chi connectivity index (χ0n) is 14.7. The lowest BCUT2D eigenvalue weighted by Gasteiger charge is -2.33. The molecule has 3 N–H and O–H groups in total. The highest BCUT2D eigenvalue weighted by Gasteiger charge is 2.27. The second kappa shape index (κ2) is 7.67. The van der Waals surface area contributed by atoms with E-state index in [1.54, 1.807) is 4.90 Å². The Morgan fingerprint density at radius 2 is 2.00 bits per heavy atom. The number of urea groups is 1. The number of primary amides is 1. The van der Waals surface area contributed by atoms with Crippen LogP contribution in [0.5, 0.6) is 0 Å². The van der Waals surface area contributed by atoms with Crippen LogP contribution in [0.25, 0.3) is 0 Å². The van der Waals surface area contributed by atoms with Crippen molar-refractivity contribution >= 4 is 17.8 Å². The Hall–Kier alpha value is -2.38. The van der Waals surface area contributed by atoms with Gasteiger partial charge in [0.25, 0.3) is 0 Å². The van der Waals surface area contributed by atoms with Gasteiger partial charge in [0.2, 0.25) is 5.91 Å². The normalized spacial score (nSPS) is 20.6. The van der Waals surface area contributed by atoms with Crippen molar-refractivity contribution in [2.24, 2.45) is 5.73 Å². The molecule has 8 nitrogen and oxygen atoms in total. The number of anilines is 1. The molecule has 3 amide bonds. The molecule has 2 aliphatic rings. The Balaban J connectivity index is 1.70. The molecule has 1 aromatic heterocycles. The van der Waals surface area contributed by atoms with Crippen LogP contribution in [0.4, 0.5) is 10.6 Å². The average Bonchev–Trinajstić information content (AvgIpc) is 3.14. The molecule has 0 aromatic carbocycles. The summed E-state index contributed by atoms with van der Waals surface area (Å²) in [6, 6.07) is 1.40. The molecular formula is C17H26N6O2. The first-order valence-corrected chi connectivity index (χ1v) is 8.94. The van der Waals surface area contributed by atoms with Gasteiger partial charge in [-0.05, 0) is 32.6 Å². The lowest BCUT2D eigenvalue weighted by Crippen LogP contribution is -2.45. The highest BCUT2D eigenvalue weighted by atomic mass is 16.2. The van der Waals surface area contributed by atoms with Crippen LogP contribution in [0.15, 0.2) is 6.07 Å². The van der Waals surface area contributed by atoms with Crippen LogP contribution in [0.2, 0.25) is 0 Å². The van der Waals surface area contributed by atoms with Crippen LogP contribution in [0, 0.1) is 6.92 Å². The van der Waals surface area contributed by atoms with Crippen LogP contribution >= 0.6 is 0 Å². The van der Waals surface area contributed by atoms with Gasteiger partial charge in [0.15, 0.2) is 0 Å². The summed E-state index contributed by atoms with van der Waals surface area (Å²) in [7, 11) is 0. The number of amides is 3. The van der Waals surface area contributed by atoms with Gasteiger partial charge in [-0.1, -0.05) is 0 Å². The van der Waals surface area contributed by atoms with Gasteiger partial charge in [-0.25, -0.2) is 14.8 Å². The molecule has 0 bridgehead atoms. The first kappa shape index (κ1) is 17.4. The minimum atomic E-state index is -0.677. The lowest BCUT2D eigenvalue weighted by atomic mass is 9.94. The van der Waals surface area contributed by atoms with E-state index in [-0.39, 0.29) is 18.4 Å². The topological polar surface area (TPSA) is 104 Å². The van der Waals surface area contributed by atoms with Crippen LogP contribution in [0.3, 0.4) is 0 Å². The van der Waals surface area contributed by atoms with Crippen molar-refractivity contribution < 1.29 is 9.59 Å². The Bertz CT molecular complexity index is 644. The summed E-state index contributed by atoms with van der Waals surface area (Å²) in [5.74, 6) is 1.88. The lowest BCUT2D eigenvalue weighted by molar-refractivity contribution is -0.131. The van der Waals surface area contributed by atoms with Gasteiger partial charge < -0.3 is 20.9 Å². The SMILES string of the molecule is Cc1nc([C@H]2CCCN(C(=O)CNC(N)=O)C2)cc(N2CCCC2)n1. The largest absolute Gasteiger partial charge is 0.357 e. The fourth-order valence-electron chi connectivity index (χ4n) is 3.61. The molecule has 0 aliphatic carbocycles. The molecule has 0 radical (unpaired) electrons. The van der Waals surface area contributed by atoms with Crippen molar-refractivity contribution in [1.29, 1.82) is 0 Å². The molecule has 1 aromatic rings. The van der Waals surface area contributed by atoms with E-state index in [0.717, 1.165) is 43.3 Å². The number of aryl methyl sites for hydroxylation is 1. The van der Waals surface area contributed by atoms with Crippen molar-refractivity contribution in [2.75, 3.05) is 37.6 Å². The van der Waals surface area contributed by atoms with Gasteiger partial charge in [0, 0.05) is 38.2 Å². The van der Waals surface area contributed by atoms with Gasteiger partial charge in [0.1, 0.15) is 11.6 Å². The van der Waals surface area contributed by atoms with Crippen molar-refractivity contribution in [3.05, 3.63) is 17.6 Å². The molecule has 3 heterocycles. The number of nitrogens with one attached hydrogen (secondary N) is 1. The molecule has 2 fully saturated rings.